The minimum absolute atomic E-state index is 0.117. The largest absolute Gasteiger partial charge is 0.472 e. The highest BCUT2D eigenvalue weighted by molar-refractivity contribution is 5.92. The molecule has 10 heteroatoms. The molecule has 1 atom stereocenters. The van der Waals surface area contributed by atoms with E-state index >= 15 is 0 Å². The van der Waals surface area contributed by atoms with E-state index in [4.69, 9.17) is 4.74 Å². The molecule has 1 aliphatic heterocycles. The zero-order valence-corrected chi connectivity index (χ0v) is 15.1. The average Bonchev–Trinajstić information content (AvgIpc) is 3.38. The molecule has 0 radical (unpaired) electrons. The Labute approximate surface area is 163 Å². The predicted molar refractivity (Wildman–Crippen MR) is 95.5 cm³/mol. The van der Waals surface area contributed by atoms with E-state index in [9.17, 15) is 18.0 Å². The quantitative estimate of drug-likeness (QED) is 0.670. The summed E-state index contributed by atoms with van der Waals surface area (Å²) in [5, 5.41) is 8.32. The molecular formula is C19H16F3N5O2. The van der Waals surface area contributed by atoms with Gasteiger partial charge in [0.05, 0.1) is 24.0 Å². The lowest BCUT2D eigenvalue weighted by Gasteiger charge is -2.16. The molecule has 0 saturated carbocycles. The minimum atomic E-state index is -4.47. The van der Waals surface area contributed by atoms with Crippen molar-refractivity contribution >= 4 is 5.91 Å². The van der Waals surface area contributed by atoms with Gasteiger partial charge in [-0.05, 0) is 18.2 Å². The van der Waals surface area contributed by atoms with Crippen LogP contribution in [0.15, 0.2) is 54.9 Å². The second-order valence-electron chi connectivity index (χ2n) is 6.52. The molecule has 1 unspecified atom stereocenters. The highest BCUT2D eigenvalue weighted by Gasteiger charge is 2.33. The first-order valence-electron chi connectivity index (χ1n) is 8.87. The van der Waals surface area contributed by atoms with Crippen molar-refractivity contribution in [2.24, 2.45) is 0 Å². The fourth-order valence-corrected chi connectivity index (χ4v) is 3.04. The van der Waals surface area contributed by atoms with Gasteiger partial charge >= 0.3 is 6.18 Å². The lowest BCUT2D eigenvalue weighted by atomic mass is 10.2. The number of pyridine rings is 1. The minimum Gasteiger partial charge on any atom is -0.472 e. The van der Waals surface area contributed by atoms with Crippen LogP contribution in [0.5, 0.6) is 5.88 Å². The first kappa shape index (κ1) is 18.9. The molecule has 0 bridgehead atoms. The smallest absolute Gasteiger partial charge is 0.416 e. The van der Waals surface area contributed by atoms with Crippen LogP contribution in [0, 0.1) is 0 Å². The lowest BCUT2D eigenvalue weighted by molar-refractivity contribution is -0.137. The Morgan fingerprint density at radius 1 is 1.17 bits per heavy atom. The number of hydrogen-bond acceptors (Lipinski definition) is 5. The van der Waals surface area contributed by atoms with Crippen molar-refractivity contribution in [2.75, 3.05) is 13.1 Å². The fraction of sp³-hybridized carbons (Fsp3) is 0.263. The van der Waals surface area contributed by atoms with E-state index in [1.807, 2.05) is 30.3 Å². The van der Waals surface area contributed by atoms with Crippen LogP contribution in [0.1, 0.15) is 22.5 Å². The third-order valence-electron chi connectivity index (χ3n) is 4.48. The summed E-state index contributed by atoms with van der Waals surface area (Å²) < 4.78 is 44.0. The van der Waals surface area contributed by atoms with Crippen LogP contribution in [0.2, 0.25) is 0 Å². The third-order valence-corrected chi connectivity index (χ3v) is 4.48. The van der Waals surface area contributed by atoms with Gasteiger partial charge in [0.1, 0.15) is 6.10 Å². The van der Waals surface area contributed by atoms with Crippen LogP contribution < -0.4 is 4.74 Å². The van der Waals surface area contributed by atoms with Crippen LogP contribution in [0.3, 0.4) is 0 Å². The molecule has 1 aliphatic rings. The average molecular weight is 403 g/mol. The van der Waals surface area contributed by atoms with Gasteiger partial charge in [0.15, 0.2) is 5.69 Å². The fourth-order valence-electron chi connectivity index (χ4n) is 3.04. The van der Waals surface area contributed by atoms with Crippen LogP contribution >= 0.6 is 0 Å². The molecule has 3 aromatic rings. The number of likely N-dealkylation sites (tertiary alicyclic amines) is 1. The number of rotatable bonds is 4. The van der Waals surface area contributed by atoms with Crippen LogP contribution in [0.25, 0.3) is 5.69 Å². The van der Waals surface area contributed by atoms with Crippen molar-refractivity contribution in [1.82, 2.24) is 24.9 Å². The van der Waals surface area contributed by atoms with Crippen molar-refractivity contribution in [3.63, 3.8) is 0 Å². The number of benzene rings is 1. The molecule has 7 nitrogen and oxygen atoms in total. The molecule has 150 valence electrons. The Balaban J connectivity index is 1.40. The lowest BCUT2D eigenvalue weighted by Crippen LogP contribution is -2.31. The van der Waals surface area contributed by atoms with Crippen molar-refractivity contribution in [3.05, 3.63) is 66.1 Å². The summed E-state index contributed by atoms with van der Waals surface area (Å²) in [7, 11) is 0. The SMILES string of the molecule is O=C(c1cnn(-c2ccccc2)n1)N1CCC(Oc2cc(C(F)(F)F)ccn2)C1. The Morgan fingerprint density at radius 2 is 1.97 bits per heavy atom. The maximum absolute atomic E-state index is 12.8. The van der Waals surface area contributed by atoms with Crippen molar-refractivity contribution in [3.8, 4) is 11.6 Å². The summed E-state index contributed by atoms with van der Waals surface area (Å²) >= 11 is 0. The monoisotopic (exact) mass is 403 g/mol. The van der Waals surface area contributed by atoms with Gasteiger partial charge < -0.3 is 9.64 Å². The van der Waals surface area contributed by atoms with E-state index in [0.717, 1.165) is 24.0 Å². The maximum atomic E-state index is 12.8. The number of carbonyl (C=O) groups excluding carboxylic acids is 1. The van der Waals surface area contributed by atoms with E-state index in [2.05, 4.69) is 15.2 Å². The molecule has 2 aromatic heterocycles. The number of amides is 1. The summed E-state index contributed by atoms with van der Waals surface area (Å²) in [6.45, 7) is 0.635. The normalized spacial score (nSPS) is 16.8. The van der Waals surface area contributed by atoms with Crippen molar-refractivity contribution in [1.29, 1.82) is 0 Å². The third kappa shape index (κ3) is 4.20. The van der Waals surface area contributed by atoms with Crippen molar-refractivity contribution in [2.45, 2.75) is 18.7 Å². The molecule has 0 spiro atoms. The molecule has 3 heterocycles. The molecule has 29 heavy (non-hydrogen) atoms. The maximum Gasteiger partial charge on any atom is 0.416 e. The van der Waals surface area contributed by atoms with Crippen molar-refractivity contribution < 1.29 is 22.7 Å². The zero-order valence-electron chi connectivity index (χ0n) is 15.1. The molecule has 0 N–H and O–H groups in total. The molecular weight excluding hydrogens is 387 g/mol. The van der Waals surface area contributed by atoms with Gasteiger partial charge in [-0.1, -0.05) is 18.2 Å². The summed E-state index contributed by atoms with van der Waals surface area (Å²) in [4.78, 5) is 19.4. The van der Waals surface area contributed by atoms with E-state index in [0.29, 0.717) is 13.0 Å². The number of hydrogen-bond donors (Lipinski definition) is 0. The summed E-state index contributed by atoms with van der Waals surface area (Å²) in [6.07, 6.45) is -1.99. The van der Waals surface area contributed by atoms with E-state index in [1.165, 1.54) is 15.9 Å². The first-order valence-corrected chi connectivity index (χ1v) is 8.87. The predicted octanol–water partition coefficient (Wildman–Crippen LogP) is 2.97. The molecule has 1 amide bonds. The van der Waals surface area contributed by atoms with Gasteiger partial charge in [-0.3, -0.25) is 4.79 Å². The van der Waals surface area contributed by atoms with Gasteiger partial charge in [0, 0.05) is 25.2 Å². The second-order valence-corrected chi connectivity index (χ2v) is 6.52. The zero-order chi connectivity index (χ0) is 20.4. The molecule has 1 aromatic carbocycles. The summed E-state index contributed by atoms with van der Waals surface area (Å²) in [5.41, 5.74) is 0.0856. The van der Waals surface area contributed by atoms with E-state index < -0.39 is 17.8 Å². The van der Waals surface area contributed by atoms with Crippen LogP contribution in [0.4, 0.5) is 13.2 Å². The molecule has 1 saturated heterocycles. The molecule has 4 rings (SSSR count). The van der Waals surface area contributed by atoms with Crippen LogP contribution in [-0.2, 0) is 6.18 Å². The Kier molecular flexibility index (Phi) is 4.91. The van der Waals surface area contributed by atoms with Gasteiger partial charge in [-0.25, -0.2) is 4.98 Å². The Bertz CT molecular complexity index is 1010. The van der Waals surface area contributed by atoms with Gasteiger partial charge in [0.2, 0.25) is 5.88 Å². The molecule has 0 aliphatic carbocycles. The highest BCUT2D eigenvalue weighted by Crippen LogP contribution is 2.31. The van der Waals surface area contributed by atoms with E-state index in [1.54, 1.807) is 0 Å². The Morgan fingerprint density at radius 3 is 2.72 bits per heavy atom. The number of alkyl halides is 3. The van der Waals surface area contributed by atoms with Gasteiger partial charge in [-0.15, -0.1) is 5.10 Å². The number of ether oxygens (including phenoxy) is 1. The number of nitrogens with zero attached hydrogens (tertiary/aromatic N) is 5. The first-order chi connectivity index (χ1) is 13.9. The summed E-state index contributed by atoms with van der Waals surface area (Å²) in [5.74, 6) is -0.426. The highest BCUT2D eigenvalue weighted by atomic mass is 19.4. The molecule has 1 fully saturated rings. The van der Waals surface area contributed by atoms with Gasteiger partial charge in [-0.2, -0.15) is 23.1 Å². The number of halogens is 3. The van der Waals surface area contributed by atoms with E-state index in [-0.39, 0.29) is 24.0 Å². The van der Waals surface area contributed by atoms with Crippen LogP contribution in [-0.4, -0.2) is 50.0 Å². The number of para-hydroxylation sites is 1. The Hall–Kier alpha value is -3.43. The standard InChI is InChI=1S/C19H16F3N5O2/c20-19(21,22)13-6-8-23-17(10-13)29-15-7-9-26(12-15)18(28)16-11-24-27(25-16)14-4-2-1-3-5-14/h1-6,8,10-11,15H,7,9,12H2. The second kappa shape index (κ2) is 7.53. The summed E-state index contributed by atoms with van der Waals surface area (Å²) in [6, 6.07) is 10.9. The number of aromatic nitrogens is 4. The number of carbonyl (C=O) groups is 1. The topological polar surface area (TPSA) is 73.1 Å². The van der Waals surface area contributed by atoms with Gasteiger partial charge in [0.25, 0.3) is 5.91 Å².